The van der Waals surface area contributed by atoms with Gasteiger partial charge in [-0.05, 0) is 50.2 Å². The summed E-state index contributed by atoms with van der Waals surface area (Å²) in [6.07, 6.45) is 3.80. The Labute approximate surface area is 321 Å². The number of nitrogens with zero attached hydrogens (tertiary/aromatic N) is 1. The number of ketones is 3. The van der Waals surface area contributed by atoms with E-state index in [1.165, 1.54) is 11.8 Å². The van der Waals surface area contributed by atoms with Gasteiger partial charge in [0.05, 0.1) is 36.9 Å². The number of carbonyl (C=O) groups is 7. The number of hydrogen-bond donors (Lipinski definition) is 7. The van der Waals surface area contributed by atoms with Gasteiger partial charge in [-0.25, -0.2) is 0 Å². The van der Waals surface area contributed by atoms with Gasteiger partial charge >= 0.3 is 23.9 Å². The van der Waals surface area contributed by atoms with Gasteiger partial charge in [0.15, 0.2) is 5.78 Å². The molecule has 6 atom stereocenters. The molecule has 0 saturated heterocycles. The number of thioether (sulfide) groups is 1. The van der Waals surface area contributed by atoms with Crippen LogP contribution < -0.4 is 0 Å². The van der Waals surface area contributed by atoms with Crippen molar-refractivity contribution in [2.45, 2.75) is 79.1 Å². The number of aliphatic carboxylic acids is 4. The van der Waals surface area contributed by atoms with Crippen molar-refractivity contribution in [2.75, 3.05) is 37.0 Å². The van der Waals surface area contributed by atoms with Crippen LogP contribution in [0.15, 0.2) is 29.3 Å². The summed E-state index contributed by atoms with van der Waals surface area (Å²) in [7, 11) is 0. The minimum atomic E-state index is -0.896. The topological polar surface area (TPSA) is 285 Å². The van der Waals surface area contributed by atoms with Gasteiger partial charge in [0.25, 0.3) is 0 Å². The molecule has 0 aromatic rings. The second-order valence-corrected chi connectivity index (χ2v) is 14.0. The maximum Gasteiger partial charge on any atom is 0.307 e. The highest BCUT2D eigenvalue weighted by atomic mass is 32.2. The molecule has 0 radical (unpaired) electrons. The molecule has 53 heavy (non-hydrogen) atoms. The number of carbonyl (C=O) groups excluding carboxylic acids is 3. The van der Waals surface area contributed by atoms with Crippen LogP contribution in [0.25, 0.3) is 0 Å². The third kappa shape index (κ3) is 20.6. The second kappa shape index (κ2) is 29.0. The third-order valence-electron chi connectivity index (χ3n) is 8.50. The first-order valence-electron chi connectivity index (χ1n) is 16.8. The number of hydrogen-bond acceptors (Lipinski definition) is 12. The van der Waals surface area contributed by atoms with Crippen LogP contribution in [0.4, 0.5) is 0 Å². The molecule has 0 bridgehead atoms. The molecule has 0 heterocycles. The Hall–Kier alpha value is -3.38. The number of carboxylic acids is 4. The van der Waals surface area contributed by atoms with Crippen molar-refractivity contribution < 1.29 is 69.7 Å². The minimum absolute atomic E-state index is 0. The van der Waals surface area contributed by atoms with Crippen molar-refractivity contribution in [3.8, 4) is 0 Å². The first-order valence-corrected chi connectivity index (χ1v) is 18.5. The number of Topliss-reactive ketones (excluding diaryl/α,β-unsaturated/α-hetero) is 3. The minimum Gasteiger partial charge on any atom is -0.481 e. The smallest absolute Gasteiger partial charge is 0.307 e. The number of aliphatic hydroxyl groups is 2. The highest BCUT2D eigenvalue weighted by Gasteiger charge is 2.37. The van der Waals surface area contributed by atoms with Crippen LogP contribution in [0.1, 0.15) is 79.1 Å². The van der Waals surface area contributed by atoms with Crippen LogP contribution in [-0.2, 0) is 33.6 Å². The van der Waals surface area contributed by atoms with Gasteiger partial charge in [-0.3, -0.25) is 38.6 Å². The lowest BCUT2D eigenvalue weighted by Gasteiger charge is -2.06. The highest BCUT2D eigenvalue weighted by molar-refractivity contribution is 7.99. The zero-order chi connectivity index (χ0) is 39.3. The normalized spacial score (nSPS) is 24.8. The lowest BCUT2D eigenvalue weighted by atomic mass is 10.0. The highest BCUT2D eigenvalue weighted by Crippen LogP contribution is 2.31. The summed E-state index contributed by atoms with van der Waals surface area (Å²) in [6, 6.07) is 0. The Bertz CT molecular complexity index is 1270. The molecule has 2 unspecified atom stereocenters. The van der Waals surface area contributed by atoms with Crippen molar-refractivity contribution in [3.05, 3.63) is 24.3 Å². The molecule has 304 valence electrons. The Morgan fingerprint density at radius 3 is 1.45 bits per heavy atom. The van der Waals surface area contributed by atoms with E-state index in [1.807, 2.05) is 13.8 Å². The summed E-state index contributed by atoms with van der Waals surface area (Å²) in [5, 5.41) is 50.8. The molecule has 0 aromatic carbocycles. The number of rotatable bonds is 11. The summed E-state index contributed by atoms with van der Waals surface area (Å²) in [6.45, 7) is 12.1. The van der Waals surface area contributed by atoms with Crippen molar-refractivity contribution in [1.82, 2.24) is 0 Å². The van der Waals surface area contributed by atoms with Crippen LogP contribution in [0.2, 0.25) is 0 Å². The average Bonchev–Trinajstić information content (AvgIpc) is 3.85. The van der Waals surface area contributed by atoms with Gasteiger partial charge < -0.3 is 36.1 Å². The second-order valence-electron chi connectivity index (χ2n) is 12.4. The molecule has 0 aromatic heterocycles. The molecule has 4 aliphatic rings. The van der Waals surface area contributed by atoms with E-state index in [4.69, 9.17) is 30.6 Å². The molecule has 8 N–H and O–H groups in total. The first-order chi connectivity index (χ1) is 24.0. The van der Waals surface area contributed by atoms with Crippen LogP contribution in [-0.4, -0.2) is 120 Å². The molecule has 4 saturated carbocycles. The number of aliphatic hydroxyl groups excluding tert-OH is 2. The summed E-state index contributed by atoms with van der Waals surface area (Å²) in [5.41, 5.74) is 2.24. The first kappa shape index (κ1) is 54.0. The monoisotopic (exact) mass is 793 g/mol. The SMILES string of the molecule is C.C=C1C[C@H](C(=O)O)CC1=NCC.C=C1C[C@H](C(=O)O)CC1=O.CCC1C[C@H](C(=O)O)CC1=O.O.O=C1C[C@@H](C(=O)O)CC1CSCCO.OCCS. The maximum atomic E-state index is 11.3. The van der Waals surface area contributed by atoms with Gasteiger partial charge in [-0.15, -0.1) is 0 Å². The largest absolute Gasteiger partial charge is 0.481 e. The van der Waals surface area contributed by atoms with Gasteiger partial charge in [0.1, 0.15) is 11.6 Å². The Morgan fingerprint density at radius 1 is 0.717 bits per heavy atom. The van der Waals surface area contributed by atoms with E-state index in [-0.39, 0.29) is 80.5 Å². The van der Waals surface area contributed by atoms with Gasteiger partial charge in [-0.1, -0.05) is 27.5 Å². The van der Waals surface area contributed by atoms with E-state index in [0.717, 1.165) is 17.7 Å². The molecule has 0 amide bonds. The van der Waals surface area contributed by atoms with Crippen LogP contribution in [0.3, 0.4) is 0 Å². The lowest BCUT2D eigenvalue weighted by Crippen LogP contribution is -2.10. The summed E-state index contributed by atoms with van der Waals surface area (Å²) >= 11 is 5.17. The van der Waals surface area contributed by atoms with Crippen LogP contribution in [0.5, 0.6) is 0 Å². The number of allylic oxidation sites excluding steroid dienone is 2. The van der Waals surface area contributed by atoms with E-state index < -0.39 is 41.6 Å². The molecular weight excluding hydrogens is 735 g/mol. The molecule has 17 heteroatoms. The zero-order valence-corrected chi connectivity index (χ0v) is 31.5. The summed E-state index contributed by atoms with van der Waals surface area (Å²) in [4.78, 5) is 79.3. The molecular formula is C36H59NO14S2. The van der Waals surface area contributed by atoms with Gasteiger partial charge in [-0.2, -0.15) is 24.4 Å². The predicted octanol–water partition coefficient (Wildman–Crippen LogP) is 3.29. The molecule has 4 rings (SSSR count). The van der Waals surface area contributed by atoms with Gasteiger partial charge in [0.2, 0.25) is 0 Å². The zero-order valence-electron chi connectivity index (χ0n) is 29.8. The molecule has 4 aliphatic carbocycles. The number of aliphatic imine (C=N–C) groups is 1. The maximum absolute atomic E-state index is 11.3. The van der Waals surface area contributed by atoms with E-state index in [9.17, 15) is 33.6 Å². The van der Waals surface area contributed by atoms with Crippen LogP contribution in [0, 0.1) is 35.5 Å². The fourth-order valence-electron chi connectivity index (χ4n) is 5.59. The van der Waals surface area contributed by atoms with Crippen molar-refractivity contribution in [2.24, 2.45) is 40.5 Å². The fraction of sp³-hybridized carbons (Fsp3) is 0.667. The lowest BCUT2D eigenvalue weighted by molar-refractivity contribution is -0.142. The Balaban J connectivity index is -0.000000604. The van der Waals surface area contributed by atoms with Crippen molar-refractivity contribution in [3.63, 3.8) is 0 Å². The molecule has 0 spiro atoms. The van der Waals surface area contributed by atoms with Crippen molar-refractivity contribution in [1.29, 1.82) is 0 Å². The molecule has 15 nitrogen and oxygen atoms in total. The number of carboxylic acid groups (broad SMARTS) is 4. The predicted molar refractivity (Wildman–Crippen MR) is 206 cm³/mol. The number of thiol groups is 1. The van der Waals surface area contributed by atoms with Crippen LogP contribution >= 0.6 is 24.4 Å². The standard InChI is InChI=1S/C9H13NO2.C9H14O4S.C8H12O3.C7H8O3.C2H6OS.CH4.H2O/c1-3-10-8-5-7(9(11)12)4-6(8)2;10-1-2-14-5-7-3-6(9(12)13)4-8(7)11;1-2-5-3-6(8(10)11)4-7(5)9;1-4-2-5(7(9)10)3-6(4)8;3-1-2-4;;/h7H,2-5H2,1H3,(H,11,12);6-7,10H,1-5H2,(H,12,13);5-6H,2-4H2,1H3,(H,10,11);5H,1-3H2,(H,9,10);3-4H,1-2H2;1H4;1H2/t7-;6-,7?;5?,6-;5-;;;/m0000.../s1. The average molecular weight is 794 g/mol. The Morgan fingerprint density at radius 2 is 1.15 bits per heavy atom. The summed E-state index contributed by atoms with van der Waals surface area (Å²) < 4.78 is 0. The van der Waals surface area contributed by atoms with Crippen molar-refractivity contribution >= 4 is 71.3 Å². The van der Waals surface area contributed by atoms with E-state index in [1.54, 1.807) is 0 Å². The molecule has 0 aliphatic heterocycles. The van der Waals surface area contributed by atoms with Gasteiger partial charge in [0, 0.05) is 67.0 Å². The van der Waals surface area contributed by atoms with E-state index >= 15 is 0 Å². The van der Waals surface area contributed by atoms with E-state index in [0.29, 0.717) is 61.5 Å². The third-order valence-corrected chi connectivity index (χ3v) is 9.81. The quantitative estimate of drug-likeness (QED) is 0.0898. The Kier molecular flexibility index (Phi) is 29.6. The fourth-order valence-corrected chi connectivity index (χ4v) is 6.49. The summed E-state index contributed by atoms with van der Waals surface area (Å²) in [5.74, 6) is -3.23. The van der Waals surface area contributed by atoms with E-state index in [2.05, 4.69) is 30.8 Å². The molecule has 4 fully saturated rings.